The molecule has 0 bridgehead atoms. The highest BCUT2D eigenvalue weighted by Crippen LogP contribution is 2.09. The lowest BCUT2D eigenvalue weighted by molar-refractivity contribution is -0.126. The van der Waals surface area contributed by atoms with E-state index in [0.29, 0.717) is 25.7 Å². The first-order valence-corrected chi connectivity index (χ1v) is 5.67. The van der Waals surface area contributed by atoms with Gasteiger partial charge in [-0.15, -0.1) is 0 Å². The predicted octanol–water partition coefficient (Wildman–Crippen LogP) is 1.68. The fraction of sp³-hybridized carbons (Fsp3) is 0.357. The van der Waals surface area contributed by atoms with E-state index in [2.05, 4.69) is 13.2 Å². The van der Waals surface area contributed by atoms with E-state index >= 15 is 0 Å². The number of ketones is 1. The number of allylic oxidation sites excluding steroid dienone is 2. The molecule has 4 heteroatoms. The SMILES string of the molecule is C=C/C(C=O)=C(\C=C)C(=O)N(C)CCCC(C)=O. The minimum Gasteiger partial charge on any atom is -0.342 e. The van der Waals surface area contributed by atoms with Gasteiger partial charge in [0, 0.05) is 31.2 Å². The molecule has 18 heavy (non-hydrogen) atoms. The molecule has 0 radical (unpaired) electrons. The van der Waals surface area contributed by atoms with E-state index in [0.717, 1.165) is 0 Å². The van der Waals surface area contributed by atoms with Gasteiger partial charge in [0.05, 0.1) is 0 Å². The van der Waals surface area contributed by atoms with Crippen molar-refractivity contribution in [3.05, 3.63) is 36.5 Å². The molecule has 0 aliphatic rings. The molecule has 98 valence electrons. The van der Waals surface area contributed by atoms with Crippen molar-refractivity contribution in [2.45, 2.75) is 19.8 Å². The Bertz CT molecular complexity index is 384. The molecule has 0 heterocycles. The zero-order valence-electron chi connectivity index (χ0n) is 10.9. The molecule has 0 saturated carbocycles. The standard InChI is InChI=1S/C14H19NO3/c1-5-12(10-16)13(6-2)14(18)15(4)9-7-8-11(3)17/h5-6,10H,1-2,7-9H2,3-4H3/b13-12-. The van der Waals surface area contributed by atoms with Crippen LogP contribution in [0.15, 0.2) is 36.5 Å². The fourth-order valence-corrected chi connectivity index (χ4v) is 1.42. The van der Waals surface area contributed by atoms with Gasteiger partial charge in [0.25, 0.3) is 5.91 Å². The Balaban J connectivity index is 4.75. The van der Waals surface area contributed by atoms with Gasteiger partial charge in [0.2, 0.25) is 0 Å². The number of carbonyl (C=O) groups excluding carboxylic acids is 3. The molecule has 0 fully saturated rings. The van der Waals surface area contributed by atoms with Gasteiger partial charge in [-0.1, -0.05) is 25.3 Å². The number of carbonyl (C=O) groups is 3. The van der Waals surface area contributed by atoms with Gasteiger partial charge in [-0.2, -0.15) is 0 Å². The van der Waals surface area contributed by atoms with Crippen molar-refractivity contribution in [1.82, 2.24) is 4.90 Å². The van der Waals surface area contributed by atoms with Gasteiger partial charge >= 0.3 is 0 Å². The highest BCUT2D eigenvalue weighted by atomic mass is 16.2. The fourth-order valence-electron chi connectivity index (χ4n) is 1.42. The van der Waals surface area contributed by atoms with Gasteiger partial charge in [0.15, 0.2) is 6.29 Å². The Hall–Kier alpha value is -1.97. The molecule has 4 nitrogen and oxygen atoms in total. The summed E-state index contributed by atoms with van der Waals surface area (Å²) in [5.74, 6) is -0.203. The Kier molecular flexibility index (Phi) is 7.28. The van der Waals surface area contributed by atoms with E-state index in [4.69, 9.17) is 0 Å². The monoisotopic (exact) mass is 249 g/mol. The molecule has 0 aromatic heterocycles. The molecule has 0 aliphatic carbocycles. The molecule has 0 atom stereocenters. The van der Waals surface area contributed by atoms with Crippen molar-refractivity contribution in [2.75, 3.05) is 13.6 Å². The molecule has 0 aromatic carbocycles. The van der Waals surface area contributed by atoms with Crippen LogP contribution >= 0.6 is 0 Å². The minimum atomic E-state index is -0.296. The number of Topliss-reactive ketones (excluding diaryl/α,β-unsaturated/α-hetero) is 1. The van der Waals surface area contributed by atoms with Crippen molar-refractivity contribution in [1.29, 1.82) is 0 Å². The molecule has 0 aliphatic heterocycles. The zero-order chi connectivity index (χ0) is 14.1. The van der Waals surface area contributed by atoms with E-state index in [1.54, 1.807) is 7.05 Å². The zero-order valence-corrected chi connectivity index (χ0v) is 10.9. The Morgan fingerprint density at radius 3 is 2.22 bits per heavy atom. The van der Waals surface area contributed by atoms with Gasteiger partial charge in [-0.25, -0.2) is 0 Å². The molecule has 0 N–H and O–H groups in total. The number of amides is 1. The van der Waals surface area contributed by atoms with E-state index in [1.807, 2.05) is 0 Å². The highest BCUT2D eigenvalue weighted by Gasteiger charge is 2.15. The quantitative estimate of drug-likeness (QED) is 0.373. The van der Waals surface area contributed by atoms with Gasteiger partial charge in [0.1, 0.15) is 5.78 Å². The van der Waals surface area contributed by atoms with Crippen LogP contribution in [0.1, 0.15) is 19.8 Å². The molecule has 0 spiro atoms. The topological polar surface area (TPSA) is 54.5 Å². The summed E-state index contributed by atoms with van der Waals surface area (Å²) in [5, 5.41) is 0. The summed E-state index contributed by atoms with van der Waals surface area (Å²) in [6.45, 7) is 8.97. The largest absolute Gasteiger partial charge is 0.342 e. The van der Waals surface area contributed by atoms with Crippen molar-refractivity contribution < 1.29 is 14.4 Å². The lowest BCUT2D eigenvalue weighted by atomic mass is 10.1. The molecule has 0 saturated heterocycles. The third kappa shape index (κ3) is 4.91. The van der Waals surface area contributed by atoms with E-state index in [1.165, 1.54) is 24.0 Å². The van der Waals surface area contributed by atoms with E-state index in [-0.39, 0.29) is 22.8 Å². The number of nitrogens with zero attached hydrogens (tertiary/aromatic N) is 1. The Labute approximate surface area is 108 Å². The lowest BCUT2D eigenvalue weighted by Gasteiger charge is -2.17. The van der Waals surface area contributed by atoms with Crippen molar-refractivity contribution in [3.63, 3.8) is 0 Å². The molecule has 0 unspecified atom stereocenters. The summed E-state index contributed by atoms with van der Waals surface area (Å²) in [6, 6.07) is 0. The second-order valence-electron chi connectivity index (χ2n) is 3.93. The summed E-state index contributed by atoms with van der Waals surface area (Å²) in [6.07, 6.45) is 4.28. The molecular weight excluding hydrogens is 230 g/mol. The summed E-state index contributed by atoms with van der Waals surface area (Å²) in [4.78, 5) is 35.1. The van der Waals surface area contributed by atoms with E-state index in [9.17, 15) is 14.4 Å². The number of hydrogen-bond acceptors (Lipinski definition) is 3. The van der Waals surface area contributed by atoms with Crippen molar-refractivity contribution in [3.8, 4) is 0 Å². The molecular formula is C14H19NO3. The van der Waals surface area contributed by atoms with Gasteiger partial charge < -0.3 is 9.69 Å². The first-order chi connectivity index (χ1) is 8.47. The Morgan fingerprint density at radius 1 is 1.22 bits per heavy atom. The normalized spacial score (nSPS) is 11.2. The second-order valence-corrected chi connectivity index (χ2v) is 3.93. The Morgan fingerprint density at radius 2 is 1.83 bits per heavy atom. The molecule has 1 amide bonds. The van der Waals surface area contributed by atoms with Crippen LogP contribution in [0.25, 0.3) is 0 Å². The summed E-state index contributed by atoms with van der Waals surface area (Å²) < 4.78 is 0. The van der Waals surface area contributed by atoms with E-state index < -0.39 is 0 Å². The summed E-state index contributed by atoms with van der Waals surface area (Å²) in [7, 11) is 1.62. The summed E-state index contributed by atoms with van der Waals surface area (Å²) >= 11 is 0. The maximum atomic E-state index is 12.0. The number of hydrogen-bond donors (Lipinski definition) is 0. The van der Waals surface area contributed by atoms with Crippen LogP contribution < -0.4 is 0 Å². The second kappa shape index (κ2) is 8.17. The first kappa shape index (κ1) is 16.0. The number of aldehydes is 1. The van der Waals surface area contributed by atoms with Crippen LogP contribution in [-0.4, -0.2) is 36.5 Å². The smallest absolute Gasteiger partial charge is 0.254 e. The summed E-state index contributed by atoms with van der Waals surface area (Å²) in [5.41, 5.74) is 0.443. The first-order valence-electron chi connectivity index (χ1n) is 5.67. The van der Waals surface area contributed by atoms with Crippen molar-refractivity contribution >= 4 is 18.0 Å². The van der Waals surface area contributed by atoms with Crippen LogP contribution in [0.5, 0.6) is 0 Å². The molecule has 0 aromatic rings. The molecule has 0 rings (SSSR count). The lowest BCUT2D eigenvalue weighted by Crippen LogP contribution is -2.29. The van der Waals surface area contributed by atoms with Crippen LogP contribution in [0.4, 0.5) is 0 Å². The van der Waals surface area contributed by atoms with Crippen molar-refractivity contribution in [2.24, 2.45) is 0 Å². The van der Waals surface area contributed by atoms with Gasteiger partial charge in [-0.3, -0.25) is 9.59 Å². The number of rotatable bonds is 8. The maximum absolute atomic E-state index is 12.0. The average Bonchev–Trinajstić information content (AvgIpc) is 2.34. The van der Waals surface area contributed by atoms with Crippen LogP contribution in [0.2, 0.25) is 0 Å². The average molecular weight is 249 g/mol. The minimum absolute atomic E-state index is 0.0926. The highest BCUT2D eigenvalue weighted by molar-refractivity contribution is 6.02. The van der Waals surface area contributed by atoms with Crippen LogP contribution in [-0.2, 0) is 14.4 Å². The van der Waals surface area contributed by atoms with Gasteiger partial charge in [-0.05, 0) is 13.3 Å². The third-order valence-electron chi connectivity index (χ3n) is 2.46. The maximum Gasteiger partial charge on any atom is 0.254 e. The van der Waals surface area contributed by atoms with Crippen LogP contribution in [0, 0.1) is 0 Å². The third-order valence-corrected chi connectivity index (χ3v) is 2.46. The number of likely N-dealkylation sites (N-methyl/N-ethyl adjacent to an activating group) is 1. The van der Waals surface area contributed by atoms with Crippen LogP contribution in [0.3, 0.4) is 0 Å². The predicted molar refractivity (Wildman–Crippen MR) is 71.0 cm³/mol.